The van der Waals surface area contributed by atoms with E-state index in [1.54, 1.807) is 12.2 Å². The Bertz CT molecular complexity index is 764. The van der Waals surface area contributed by atoms with E-state index >= 15 is 0 Å². The van der Waals surface area contributed by atoms with Gasteiger partial charge in [-0.25, -0.2) is 39.1 Å². The molecule has 0 N–H and O–H groups in total. The van der Waals surface area contributed by atoms with Crippen LogP contribution in [-0.2, 0) is 32.3 Å². The molecule has 2 rings (SSSR count). The first-order valence-electron chi connectivity index (χ1n) is 8.43. The van der Waals surface area contributed by atoms with E-state index in [0.29, 0.717) is 25.4 Å². The standard InChI is InChI=1S/C10H8N2O2.C9H12N2O2/c13-7-11-5-9-2-1-3-10(4-9)6-12-8-14;1-7-2-3-8(10-5-12)4-9(7)11-6-13/h1-4H,5-6H2;7-9H,2-4H2,1H3. The molecule has 0 heterocycles. The zero-order valence-corrected chi connectivity index (χ0v) is 15.0. The molecule has 1 aliphatic rings. The van der Waals surface area contributed by atoms with Crippen LogP contribution in [0, 0.1) is 5.92 Å². The Balaban J connectivity index is 0.000000271. The number of hydrogen-bond acceptors (Lipinski definition) is 8. The minimum atomic E-state index is -0.0200. The van der Waals surface area contributed by atoms with Crippen LogP contribution in [0.2, 0.25) is 0 Å². The van der Waals surface area contributed by atoms with Gasteiger partial charge in [-0.05, 0) is 36.3 Å². The number of benzene rings is 1. The topological polar surface area (TPSA) is 118 Å². The molecule has 0 spiro atoms. The monoisotopic (exact) mass is 368 g/mol. The zero-order chi connectivity index (χ0) is 19.9. The Morgan fingerprint density at radius 2 is 1.48 bits per heavy atom. The fourth-order valence-electron chi connectivity index (χ4n) is 2.79. The molecular formula is C19H20N4O4. The van der Waals surface area contributed by atoms with Crippen molar-refractivity contribution in [3.8, 4) is 0 Å². The molecule has 1 aromatic carbocycles. The molecule has 8 heteroatoms. The normalized spacial score (nSPS) is 20.3. The van der Waals surface area contributed by atoms with Gasteiger partial charge in [0.05, 0.1) is 25.2 Å². The van der Waals surface area contributed by atoms with Crippen molar-refractivity contribution in [3.05, 3.63) is 35.4 Å². The lowest BCUT2D eigenvalue weighted by Gasteiger charge is -2.27. The van der Waals surface area contributed by atoms with Crippen LogP contribution in [0.15, 0.2) is 44.2 Å². The number of aliphatic imine (C=N–C) groups is 4. The number of isocyanates is 4. The number of hydrogen-bond donors (Lipinski definition) is 0. The molecule has 27 heavy (non-hydrogen) atoms. The molecule has 8 nitrogen and oxygen atoms in total. The minimum Gasteiger partial charge on any atom is -0.211 e. The van der Waals surface area contributed by atoms with Crippen molar-refractivity contribution in [2.24, 2.45) is 25.9 Å². The van der Waals surface area contributed by atoms with Gasteiger partial charge in [0.1, 0.15) is 0 Å². The summed E-state index contributed by atoms with van der Waals surface area (Å²) < 4.78 is 0. The maximum Gasteiger partial charge on any atom is 0.235 e. The van der Waals surface area contributed by atoms with Crippen LogP contribution in [0.5, 0.6) is 0 Å². The summed E-state index contributed by atoms with van der Waals surface area (Å²) >= 11 is 0. The second-order valence-electron chi connectivity index (χ2n) is 6.09. The van der Waals surface area contributed by atoms with Gasteiger partial charge >= 0.3 is 0 Å². The van der Waals surface area contributed by atoms with E-state index in [0.717, 1.165) is 24.0 Å². The molecule has 0 bridgehead atoms. The third-order valence-electron chi connectivity index (χ3n) is 4.22. The first-order valence-corrected chi connectivity index (χ1v) is 8.43. The van der Waals surface area contributed by atoms with Gasteiger partial charge in [-0.1, -0.05) is 31.2 Å². The maximum atomic E-state index is 10.1. The zero-order valence-electron chi connectivity index (χ0n) is 15.0. The second kappa shape index (κ2) is 13.0. The molecule has 0 radical (unpaired) electrons. The van der Waals surface area contributed by atoms with Gasteiger partial charge in [0.25, 0.3) is 0 Å². The fraction of sp³-hybridized carbons (Fsp3) is 0.474. The van der Waals surface area contributed by atoms with E-state index in [-0.39, 0.29) is 12.1 Å². The quantitative estimate of drug-likeness (QED) is 0.566. The van der Waals surface area contributed by atoms with Crippen molar-refractivity contribution >= 4 is 24.3 Å². The Morgan fingerprint density at radius 3 is 2.00 bits per heavy atom. The van der Waals surface area contributed by atoms with E-state index in [4.69, 9.17) is 0 Å². The van der Waals surface area contributed by atoms with Crippen molar-refractivity contribution in [2.75, 3.05) is 0 Å². The molecule has 3 unspecified atom stereocenters. The van der Waals surface area contributed by atoms with Gasteiger partial charge in [-0.15, -0.1) is 0 Å². The Hall–Kier alpha value is -3.26. The predicted octanol–water partition coefficient (Wildman–Crippen LogP) is 2.57. The Labute approximate surface area is 156 Å². The molecule has 1 aromatic rings. The van der Waals surface area contributed by atoms with Crippen LogP contribution >= 0.6 is 0 Å². The molecule has 3 atom stereocenters. The van der Waals surface area contributed by atoms with Crippen LogP contribution in [0.3, 0.4) is 0 Å². The maximum absolute atomic E-state index is 10.1. The summed E-state index contributed by atoms with van der Waals surface area (Å²) in [6, 6.07) is 7.32. The lowest BCUT2D eigenvalue weighted by atomic mass is 9.83. The summed E-state index contributed by atoms with van der Waals surface area (Å²) in [5.74, 6) is 0.388. The van der Waals surface area contributed by atoms with Gasteiger partial charge in [-0.2, -0.15) is 0 Å². The number of nitrogens with zero attached hydrogens (tertiary/aromatic N) is 4. The number of carbonyl (C=O) groups excluding carboxylic acids is 4. The molecule has 1 saturated carbocycles. The highest BCUT2D eigenvalue weighted by Gasteiger charge is 2.27. The van der Waals surface area contributed by atoms with Crippen molar-refractivity contribution < 1.29 is 19.2 Å². The summed E-state index contributed by atoms with van der Waals surface area (Å²) in [6.45, 7) is 2.66. The van der Waals surface area contributed by atoms with Crippen LogP contribution in [-0.4, -0.2) is 36.4 Å². The molecule has 0 aromatic heterocycles. The van der Waals surface area contributed by atoms with Crippen LogP contribution in [0.25, 0.3) is 0 Å². The van der Waals surface area contributed by atoms with Gasteiger partial charge in [0.15, 0.2) is 0 Å². The van der Waals surface area contributed by atoms with Gasteiger partial charge in [-0.3, -0.25) is 0 Å². The average Bonchev–Trinajstić information content (AvgIpc) is 2.68. The van der Waals surface area contributed by atoms with Gasteiger partial charge < -0.3 is 0 Å². The highest BCUT2D eigenvalue weighted by Crippen LogP contribution is 2.28. The van der Waals surface area contributed by atoms with Crippen molar-refractivity contribution in [2.45, 2.75) is 51.4 Å². The third-order valence-corrected chi connectivity index (χ3v) is 4.22. The molecule has 0 amide bonds. The van der Waals surface area contributed by atoms with Crippen LogP contribution in [0.4, 0.5) is 0 Å². The van der Waals surface area contributed by atoms with E-state index < -0.39 is 0 Å². The van der Waals surface area contributed by atoms with Crippen molar-refractivity contribution in [1.82, 2.24) is 0 Å². The van der Waals surface area contributed by atoms with Gasteiger partial charge in [0.2, 0.25) is 24.3 Å². The summed E-state index contributed by atoms with van der Waals surface area (Å²) in [5.41, 5.74) is 1.79. The third kappa shape index (κ3) is 8.59. The summed E-state index contributed by atoms with van der Waals surface area (Å²) in [7, 11) is 0. The van der Waals surface area contributed by atoms with E-state index in [2.05, 4.69) is 20.0 Å². The summed E-state index contributed by atoms with van der Waals surface area (Å²) in [4.78, 5) is 54.1. The van der Waals surface area contributed by atoms with Gasteiger partial charge in [0, 0.05) is 0 Å². The first kappa shape index (κ1) is 21.8. The molecule has 1 fully saturated rings. The smallest absolute Gasteiger partial charge is 0.211 e. The molecule has 140 valence electrons. The van der Waals surface area contributed by atoms with E-state index in [9.17, 15) is 19.2 Å². The summed E-state index contributed by atoms with van der Waals surface area (Å²) in [6.07, 6.45) is 8.56. The average molecular weight is 368 g/mol. The lowest BCUT2D eigenvalue weighted by molar-refractivity contribution is 0.302. The SMILES string of the molecule is CC1CCC(N=C=O)CC1N=C=O.O=C=NCc1cccc(CN=C=O)c1. The highest BCUT2D eigenvalue weighted by molar-refractivity contribution is 5.36. The number of rotatable bonds is 6. The molecule has 1 aliphatic carbocycles. The molecular weight excluding hydrogens is 348 g/mol. The van der Waals surface area contributed by atoms with E-state index in [1.807, 2.05) is 31.2 Å². The second-order valence-corrected chi connectivity index (χ2v) is 6.09. The Kier molecular flexibility index (Phi) is 10.5. The van der Waals surface area contributed by atoms with Crippen molar-refractivity contribution in [3.63, 3.8) is 0 Å². The minimum absolute atomic E-state index is 0.00389. The largest absolute Gasteiger partial charge is 0.235 e. The summed E-state index contributed by atoms with van der Waals surface area (Å²) in [5, 5.41) is 0. The highest BCUT2D eigenvalue weighted by atomic mass is 16.1. The lowest BCUT2D eigenvalue weighted by Crippen LogP contribution is -2.28. The molecule has 0 saturated heterocycles. The Morgan fingerprint density at radius 1 is 0.889 bits per heavy atom. The van der Waals surface area contributed by atoms with Crippen LogP contribution < -0.4 is 0 Å². The molecule has 0 aliphatic heterocycles. The van der Waals surface area contributed by atoms with E-state index in [1.165, 1.54) is 12.2 Å². The fourth-order valence-corrected chi connectivity index (χ4v) is 2.79. The first-order chi connectivity index (χ1) is 13.1. The predicted molar refractivity (Wildman–Crippen MR) is 96.9 cm³/mol. The van der Waals surface area contributed by atoms with Crippen molar-refractivity contribution in [1.29, 1.82) is 0 Å². The van der Waals surface area contributed by atoms with Crippen LogP contribution in [0.1, 0.15) is 37.3 Å².